The van der Waals surface area contributed by atoms with Crippen molar-refractivity contribution >= 4 is 11.9 Å². The van der Waals surface area contributed by atoms with Crippen molar-refractivity contribution in [2.75, 3.05) is 0 Å². The lowest BCUT2D eigenvalue weighted by molar-refractivity contribution is -0.192. The van der Waals surface area contributed by atoms with E-state index in [9.17, 15) is 18.0 Å². The third-order valence-corrected chi connectivity index (χ3v) is 2.02. The van der Waals surface area contributed by atoms with Crippen LogP contribution in [0.2, 0.25) is 0 Å². The van der Waals surface area contributed by atoms with Crippen LogP contribution in [0.1, 0.15) is 5.56 Å². The number of hydrogen-bond donors (Lipinski definition) is 4. The van der Waals surface area contributed by atoms with Crippen molar-refractivity contribution in [3.8, 4) is 0 Å². The fourth-order valence-corrected chi connectivity index (χ4v) is 1.07. The number of carbonyl (C=O) groups is 2. The number of amides is 1. The first-order valence-corrected chi connectivity index (χ1v) is 5.28. The molecule has 0 bridgehead atoms. The van der Waals surface area contributed by atoms with Crippen molar-refractivity contribution in [3.05, 3.63) is 35.9 Å². The van der Waals surface area contributed by atoms with Crippen molar-refractivity contribution in [1.82, 2.24) is 5.43 Å². The first-order chi connectivity index (χ1) is 9.18. The Morgan fingerprint density at radius 2 is 1.70 bits per heavy atom. The number of carbonyl (C=O) groups excluding carboxylic acids is 1. The summed E-state index contributed by atoms with van der Waals surface area (Å²) >= 11 is 0. The summed E-state index contributed by atoms with van der Waals surface area (Å²) in [4.78, 5) is 19.9. The lowest BCUT2D eigenvalue weighted by Gasteiger charge is -2.08. The third-order valence-electron chi connectivity index (χ3n) is 2.02. The minimum absolute atomic E-state index is 0.344. The summed E-state index contributed by atoms with van der Waals surface area (Å²) < 4.78 is 31.7. The second kappa shape index (κ2) is 8.12. The van der Waals surface area contributed by atoms with Crippen molar-refractivity contribution in [1.29, 1.82) is 0 Å². The summed E-state index contributed by atoms with van der Waals surface area (Å²) in [6, 6.07) is 8.99. The van der Waals surface area contributed by atoms with Gasteiger partial charge >= 0.3 is 12.1 Å². The zero-order valence-corrected chi connectivity index (χ0v) is 10.2. The molecule has 0 aliphatic carbocycles. The molecule has 6 nitrogen and oxygen atoms in total. The Morgan fingerprint density at radius 1 is 1.25 bits per heavy atom. The largest absolute Gasteiger partial charge is 0.490 e. The molecule has 0 saturated heterocycles. The average Bonchev–Trinajstić information content (AvgIpc) is 2.38. The molecule has 0 aliphatic heterocycles. The molecule has 20 heavy (non-hydrogen) atoms. The van der Waals surface area contributed by atoms with Gasteiger partial charge < -0.3 is 10.8 Å². The molecule has 1 atom stereocenters. The molecule has 9 heteroatoms. The SMILES string of the molecule is NNC(=O)[C@@H](N)Cc1ccccc1.O=C(O)C(F)(F)F. The quantitative estimate of drug-likeness (QED) is 0.360. The zero-order valence-electron chi connectivity index (χ0n) is 10.2. The van der Waals surface area contributed by atoms with E-state index in [0.717, 1.165) is 5.56 Å². The van der Waals surface area contributed by atoms with E-state index in [1.807, 2.05) is 35.8 Å². The van der Waals surface area contributed by atoms with Gasteiger partial charge in [-0.15, -0.1) is 0 Å². The average molecular weight is 293 g/mol. The maximum Gasteiger partial charge on any atom is 0.490 e. The minimum atomic E-state index is -5.08. The molecule has 6 N–H and O–H groups in total. The lowest BCUT2D eigenvalue weighted by Crippen LogP contribution is -2.45. The van der Waals surface area contributed by atoms with Crippen LogP contribution in [0, 0.1) is 0 Å². The first-order valence-electron chi connectivity index (χ1n) is 5.28. The molecule has 0 aromatic heterocycles. The number of aliphatic carboxylic acids is 1. The highest BCUT2D eigenvalue weighted by molar-refractivity contribution is 5.81. The number of benzene rings is 1. The van der Waals surface area contributed by atoms with Gasteiger partial charge in [0.2, 0.25) is 0 Å². The maximum absolute atomic E-state index is 11.0. The van der Waals surface area contributed by atoms with Crippen LogP contribution in [0.25, 0.3) is 0 Å². The van der Waals surface area contributed by atoms with Gasteiger partial charge in [-0.1, -0.05) is 30.3 Å². The van der Waals surface area contributed by atoms with Gasteiger partial charge in [0.25, 0.3) is 5.91 Å². The molecule has 112 valence electrons. The molecule has 0 aliphatic rings. The molecule has 1 aromatic carbocycles. The Hall–Kier alpha value is -2.13. The molecule has 0 fully saturated rings. The Bertz CT molecular complexity index is 438. The van der Waals surface area contributed by atoms with E-state index < -0.39 is 18.2 Å². The second-order valence-corrected chi connectivity index (χ2v) is 3.61. The van der Waals surface area contributed by atoms with Crippen LogP contribution in [-0.2, 0) is 16.0 Å². The summed E-state index contributed by atoms with van der Waals surface area (Å²) in [5.74, 6) is 1.85. The number of carboxylic acids is 1. The highest BCUT2D eigenvalue weighted by Crippen LogP contribution is 2.13. The molecule has 1 rings (SSSR count). The smallest absolute Gasteiger partial charge is 0.475 e. The summed E-state index contributed by atoms with van der Waals surface area (Å²) in [6.45, 7) is 0. The number of hydrazine groups is 1. The first kappa shape index (κ1) is 17.9. The summed E-state index contributed by atoms with van der Waals surface area (Å²) in [6.07, 6.45) is -4.58. The summed E-state index contributed by atoms with van der Waals surface area (Å²) in [5.41, 5.74) is 8.62. The van der Waals surface area contributed by atoms with E-state index in [1.54, 1.807) is 0 Å². The zero-order chi connectivity index (χ0) is 15.8. The van der Waals surface area contributed by atoms with Gasteiger partial charge in [-0.3, -0.25) is 10.2 Å². The van der Waals surface area contributed by atoms with Crippen molar-refractivity contribution in [3.63, 3.8) is 0 Å². The molecule has 0 spiro atoms. The number of halogens is 3. The van der Waals surface area contributed by atoms with E-state index in [-0.39, 0.29) is 5.91 Å². The number of nitrogens with one attached hydrogen (secondary N) is 1. The predicted octanol–water partition coefficient (Wildman–Crippen LogP) is 0.180. The van der Waals surface area contributed by atoms with Crippen LogP contribution in [0.3, 0.4) is 0 Å². The van der Waals surface area contributed by atoms with Crippen LogP contribution in [0.15, 0.2) is 30.3 Å². The molecular formula is C11H14F3N3O3. The Labute approximate surface area is 112 Å². The topological polar surface area (TPSA) is 118 Å². The van der Waals surface area contributed by atoms with Crippen molar-refractivity contribution in [2.45, 2.75) is 18.6 Å². The fraction of sp³-hybridized carbons (Fsp3) is 0.273. The number of carboxylic acid groups (broad SMARTS) is 1. The van der Waals surface area contributed by atoms with E-state index in [2.05, 4.69) is 0 Å². The number of nitrogens with two attached hydrogens (primary N) is 2. The number of hydrogen-bond acceptors (Lipinski definition) is 4. The monoisotopic (exact) mass is 293 g/mol. The van der Waals surface area contributed by atoms with Gasteiger partial charge in [0, 0.05) is 0 Å². The molecular weight excluding hydrogens is 279 g/mol. The van der Waals surface area contributed by atoms with E-state index >= 15 is 0 Å². The van der Waals surface area contributed by atoms with Gasteiger partial charge in [0.15, 0.2) is 0 Å². The fourth-order valence-electron chi connectivity index (χ4n) is 1.07. The minimum Gasteiger partial charge on any atom is -0.475 e. The van der Waals surface area contributed by atoms with Gasteiger partial charge in [0.1, 0.15) is 0 Å². The highest BCUT2D eigenvalue weighted by atomic mass is 19.4. The number of rotatable bonds is 3. The molecule has 0 radical (unpaired) electrons. The van der Waals surface area contributed by atoms with E-state index in [0.29, 0.717) is 6.42 Å². The Morgan fingerprint density at radius 3 is 2.05 bits per heavy atom. The molecule has 0 unspecified atom stereocenters. The van der Waals surface area contributed by atoms with Crippen LogP contribution in [-0.4, -0.2) is 29.2 Å². The van der Waals surface area contributed by atoms with Crippen molar-refractivity contribution in [2.24, 2.45) is 11.6 Å². The molecule has 0 saturated carbocycles. The van der Waals surface area contributed by atoms with Crippen LogP contribution < -0.4 is 17.0 Å². The highest BCUT2D eigenvalue weighted by Gasteiger charge is 2.38. The van der Waals surface area contributed by atoms with Crippen LogP contribution in [0.4, 0.5) is 13.2 Å². The Balaban J connectivity index is 0.000000441. The molecule has 1 amide bonds. The van der Waals surface area contributed by atoms with E-state index in [1.165, 1.54) is 0 Å². The number of alkyl halides is 3. The Kier molecular flexibility index (Phi) is 7.26. The van der Waals surface area contributed by atoms with Gasteiger partial charge in [-0.25, -0.2) is 10.6 Å². The van der Waals surface area contributed by atoms with Gasteiger partial charge in [0.05, 0.1) is 6.04 Å². The molecule has 1 aromatic rings. The standard InChI is InChI=1S/C9H13N3O.C2HF3O2/c10-8(9(13)12-11)6-7-4-2-1-3-5-7;3-2(4,5)1(6)7/h1-5,8H,6,10-11H2,(H,12,13);(H,6,7)/t8-;/m0./s1. The van der Waals surface area contributed by atoms with Crippen LogP contribution in [0.5, 0.6) is 0 Å². The van der Waals surface area contributed by atoms with E-state index in [4.69, 9.17) is 21.5 Å². The third kappa shape index (κ3) is 7.34. The van der Waals surface area contributed by atoms with Crippen LogP contribution >= 0.6 is 0 Å². The normalized spacial score (nSPS) is 11.8. The lowest BCUT2D eigenvalue weighted by atomic mass is 10.1. The second-order valence-electron chi connectivity index (χ2n) is 3.61. The summed E-state index contributed by atoms with van der Waals surface area (Å²) in [5, 5.41) is 7.12. The van der Waals surface area contributed by atoms with Gasteiger partial charge in [-0.05, 0) is 12.0 Å². The molecule has 0 heterocycles. The maximum atomic E-state index is 11.0. The van der Waals surface area contributed by atoms with Gasteiger partial charge in [-0.2, -0.15) is 13.2 Å². The summed E-state index contributed by atoms with van der Waals surface area (Å²) in [7, 11) is 0. The van der Waals surface area contributed by atoms with Crippen molar-refractivity contribution < 1.29 is 27.9 Å². The predicted molar refractivity (Wildman–Crippen MR) is 64.1 cm³/mol.